The van der Waals surface area contributed by atoms with Gasteiger partial charge in [-0.25, -0.2) is 4.98 Å². The van der Waals surface area contributed by atoms with Gasteiger partial charge in [-0.2, -0.15) is 9.97 Å². The molecule has 3 heterocycles. The Hall–Kier alpha value is -2.83. The average Bonchev–Trinajstić information content (AvgIpc) is 3.42. The summed E-state index contributed by atoms with van der Waals surface area (Å²) in [6.45, 7) is 1.72. The number of benzene rings is 1. The van der Waals surface area contributed by atoms with E-state index in [1.165, 1.54) is 24.2 Å². The summed E-state index contributed by atoms with van der Waals surface area (Å²) in [5.74, 6) is 3.53. The van der Waals surface area contributed by atoms with E-state index < -0.39 is 0 Å². The molecule has 0 atom stereocenters. The van der Waals surface area contributed by atoms with Crippen LogP contribution in [0.25, 0.3) is 11.0 Å². The number of methoxy groups -OCH3 is 2. The molecule has 0 amide bonds. The minimum Gasteiger partial charge on any atom is -0.481 e. The lowest BCUT2D eigenvalue weighted by Gasteiger charge is -2.40. The fourth-order valence-electron chi connectivity index (χ4n) is 3.60. The van der Waals surface area contributed by atoms with Crippen molar-refractivity contribution >= 4 is 17.0 Å². The summed E-state index contributed by atoms with van der Waals surface area (Å²) in [5, 5.41) is 0. The Labute approximate surface area is 151 Å². The molecule has 2 fully saturated rings. The van der Waals surface area contributed by atoms with E-state index in [0.717, 1.165) is 18.6 Å². The molecular weight excluding hydrogens is 330 g/mol. The predicted octanol–water partition coefficient (Wildman–Crippen LogP) is 2.78. The van der Waals surface area contributed by atoms with E-state index in [1.807, 2.05) is 0 Å². The van der Waals surface area contributed by atoms with E-state index in [4.69, 9.17) is 14.5 Å². The molecule has 0 radical (unpaired) electrons. The molecule has 7 nitrogen and oxygen atoms in total. The van der Waals surface area contributed by atoms with Gasteiger partial charge >= 0.3 is 0 Å². The van der Waals surface area contributed by atoms with Crippen molar-refractivity contribution in [3.05, 3.63) is 36.2 Å². The smallest absolute Gasteiger partial charge is 0.232 e. The van der Waals surface area contributed by atoms with E-state index in [1.54, 1.807) is 20.3 Å². The number of fused-ring (bicyclic) bond motifs is 1. The number of imidazole rings is 1. The van der Waals surface area contributed by atoms with Gasteiger partial charge in [0.05, 0.1) is 37.4 Å². The molecule has 7 heteroatoms. The van der Waals surface area contributed by atoms with Crippen molar-refractivity contribution < 1.29 is 9.47 Å². The minimum absolute atomic E-state index is 0.388. The number of para-hydroxylation sites is 2. The second-order valence-electron chi connectivity index (χ2n) is 6.91. The van der Waals surface area contributed by atoms with Gasteiger partial charge in [-0.1, -0.05) is 12.1 Å². The van der Waals surface area contributed by atoms with Gasteiger partial charge in [0.15, 0.2) is 0 Å². The Bertz CT molecular complexity index is 937. The fraction of sp³-hybridized carbons (Fsp3) is 0.421. The van der Waals surface area contributed by atoms with Crippen LogP contribution < -0.4 is 14.4 Å². The highest BCUT2D eigenvalue weighted by atomic mass is 16.5. The van der Waals surface area contributed by atoms with Crippen LogP contribution in [-0.4, -0.2) is 46.8 Å². The third-order valence-corrected chi connectivity index (χ3v) is 5.16. The van der Waals surface area contributed by atoms with Gasteiger partial charge in [0.1, 0.15) is 5.82 Å². The molecule has 1 aliphatic heterocycles. The number of aromatic nitrogens is 4. The minimum atomic E-state index is 0.388. The summed E-state index contributed by atoms with van der Waals surface area (Å²) in [7, 11) is 3.20. The first kappa shape index (κ1) is 15.4. The van der Waals surface area contributed by atoms with E-state index in [-0.39, 0.29) is 0 Å². The second kappa shape index (κ2) is 5.86. The monoisotopic (exact) mass is 351 g/mol. The first-order valence-electron chi connectivity index (χ1n) is 8.95. The Morgan fingerprint density at radius 3 is 2.31 bits per heavy atom. The Morgan fingerprint density at radius 2 is 1.65 bits per heavy atom. The molecule has 5 rings (SSSR count). The fourth-order valence-corrected chi connectivity index (χ4v) is 3.60. The molecule has 26 heavy (non-hydrogen) atoms. The molecule has 3 aromatic rings. The maximum absolute atomic E-state index is 5.26. The van der Waals surface area contributed by atoms with Crippen LogP contribution in [0.3, 0.4) is 0 Å². The lowest BCUT2D eigenvalue weighted by molar-refractivity contribution is 0.360. The molecule has 1 aromatic carbocycles. The van der Waals surface area contributed by atoms with Crippen LogP contribution in [0.15, 0.2) is 30.3 Å². The molecule has 0 unspecified atom stereocenters. The number of hydrogen-bond donors (Lipinski definition) is 0. The van der Waals surface area contributed by atoms with Gasteiger partial charge in [-0.3, -0.25) is 0 Å². The van der Waals surface area contributed by atoms with Crippen LogP contribution >= 0.6 is 0 Å². The summed E-state index contributed by atoms with van der Waals surface area (Å²) in [4.78, 5) is 16.0. The molecule has 134 valence electrons. The Balaban J connectivity index is 1.44. The van der Waals surface area contributed by atoms with Gasteiger partial charge < -0.3 is 18.9 Å². The maximum Gasteiger partial charge on any atom is 0.232 e. The molecule has 2 aromatic heterocycles. The first-order chi connectivity index (χ1) is 12.8. The highest BCUT2D eigenvalue weighted by Crippen LogP contribution is 2.43. The van der Waals surface area contributed by atoms with E-state index in [2.05, 4.69) is 43.7 Å². The van der Waals surface area contributed by atoms with Crippen molar-refractivity contribution in [3.8, 4) is 11.8 Å². The van der Waals surface area contributed by atoms with Crippen molar-refractivity contribution in [2.75, 3.05) is 32.2 Å². The SMILES string of the molecule is COc1cc(OC)nc(N2CC(n3c(C4CC4)nc4ccccc43)C2)n1. The van der Waals surface area contributed by atoms with Crippen LogP contribution in [0.5, 0.6) is 11.8 Å². The van der Waals surface area contributed by atoms with Crippen molar-refractivity contribution in [1.82, 2.24) is 19.5 Å². The summed E-state index contributed by atoms with van der Waals surface area (Å²) < 4.78 is 12.9. The van der Waals surface area contributed by atoms with E-state index in [0.29, 0.717) is 29.7 Å². The van der Waals surface area contributed by atoms with Gasteiger partial charge in [0.2, 0.25) is 17.7 Å². The quantitative estimate of drug-likeness (QED) is 0.704. The molecule has 0 bridgehead atoms. The van der Waals surface area contributed by atoms with Crippen LogP contribution in [-0.2, 0) is 0 Å². The zero-order chi connectivity index (χ0) is 17.7. The topological polar surface area (TPSA) is 65.3 Å². The second-order valence-corrected chi connectivity index (χ2v) is 6.91. The lowest BCUT2D eigenvalue weighted by Crippen LogP contribution is -2.49. The zero-order valence-electron chi connectivity index (χ0n) is 14.9. The third kappa shape index (κ3) is 2.46. The molecule has 1 saturated heterocycles. The van der Waals surface area contributed by atoms with Crippen LogP contribution in [0.2, 0.25) is 0 Å². The van der Waals surface area contributed by atoms with Crippen molar-refractivity contribution in [1.29, 1.82) is 0 Å². The van der Waals surface area contributed by atoms with Crippen molar-refractivity contribution in [2.45, 2.75) is 24.8 Å². The molecule has 1 aliphatic carbocycles. The summed E-state index contributed by atoms with van der Waals surface area (Å²) in [6, 6.07) is 10.5. The third-order valence-electron chi connectivity index (χ3n) is 5.16. The van der Waals surface area contributed by atoms with Crippen LogP contribution in [0, 0.1) is 0 Å². The molecular formula is C19H21N5O2. The number of anilines is 1. The van der Waals surface area contributed by atoms with Crippen molar-refractivity contribution in [3.63, 3.8) is 0 Å². The first-order valence-corrected chi connectivity index (χ1v) is 8.95. The Morgan fingerprint density at radius 1 is 0.962 bits per heavy atom. The zero-order valence-corrected chi connectivity index (χ0v) is 14.9. The van der Waals surface area contributed by atoms with Gasteiger partial charge in [0, 0.05) is 19.0 Å². The molecule has 2 aliphatic rings. The standard InChI is InChI=1S/C19H21N5O2/c1-25-16-9-17(26-2)22-19(21-16)23-10-13(11-23)24-15-6-4-3-5-14(15)20-18(24)12-7-8-12/h3-6,9,12-13H,7-8,10-11H2,1-2H3. The average molecular weight is 351 g/mol. The highest BCUT2D eigenvalue weighted by molar-refractivity contribution is 5.76. The number of rotatable bonds is 5. The predicted molar refractivity (Wildman–Crippen MR) is 98.1 cm³/mol. The molecule has 0 N–H and O–H groups in total. The summed E-state index contributed by atoms with van der Waals surface area (Å²) in [6.07, 6.45) is 2.49. The molecule has 0 spiro atoms. The van der Waals surface area contributed by atoms with Crippen molar-refractivity contribution in [2.24, 2.45) is 0 Å². The number of ether oxygens (including phenoxy) is 2. The number of hydrogen-bond acceptors (Lipinski definition) is 6. The lowest BCUT2D eigenvalue weighted by atomic mass is 10.1. The van der Waals surface area contributed by atoms with E-state index in [9.17, 15) is 0 Å². The van der Waals surface area contributed by atoms with Gasteiger partial charge in [-0.05, 0) is 25.0 Å². The summed E-state index contributed by atoms with van der Waals surface area (Å²) >= 11 is 0. The van der Waals surface area contributed by atoms with Gasteiger partial charge in [-0.15, -0.1) is 0 Å². The van der Waals surface area contributed by atoms with Gasteiger partial charge in [0.25, 0.3) is 0 Å². The highest BCUT2D eigenvalue weighted by Gasteiger charge is 2.37. The van der Waals surface area contributed by atoms with Crippen LogP contribution in [0.1, 0.15) is 30.6 Å². The molecule has 1 saturated carbocycles. The summed E-state index contributed by atoms with van der Waals surface area (Å²) in [5.41, 5.74) is 2.32. The Kier molecular flexibility index (Phi) is 3.48. The van der Waals surface area contributed by atoms with Crippen LogP contribution in [0.4, 0.5) is 5.95 Å². The van der Waals surface area contributed by atoms with E-state index >= 15 is 0 Å². The number of nitrogens with zero attached hydrogens (tertiary/aromatic N) is 5. The maximum atomic E-state index is 5.26. The largest absolute Gasteiger partial charge is 0.481 e. The normalized spacial score (nSPS) is 17.4.